The number of aromatic nitrogens is 3. The molecule has 0 aliphatic heterocycles. The fraction of sp³-hybridized carbons (Fsp3) is 0. The van der Waals surface area contributed by atoms with E-state index in [4.69, 9.17) is 11.6 Å². The summed E-state index contributed by atoms with van der Waals surface area (Å²) in [7, 11) is 0. The molecule has 3 rings (SSSR count). The summed E-state index contributed by atoms with van der Waals surface area (Å²) in [5.41, 5.74) is 2.87. The highest BCUT2D eigenvalue weighted by molar-refractivity contribution is 6.30. The van der Waals surface area contributed by atoms with Crippen LogP contribution in [-0.2, 0) is 0 Å². The molecule has 0 saturated heterocycles. The van der Waals surface area contributed by atoms with Gasteiger partial charge in [0.15, 0.2) is 6.29 Å². The van der Waals surface area contributed by atoms with Gasteiger partial charge >= 0.3 is 0 Å². The first-order valence-corrected chi connectivity index (χ1v) is 6.37. The molecule has 0 N–H and O–H groups in total. The van der Waals surface area contributed by atoms with E-state index in [1.165, 1.54) is 0 Å². The molecule has 0 fully saturated rings. The summed E-state index contributed by atoms with van der Waals surface area (Å²) in [5.74, 6) is 0. The zero-order valence-electron chi connectivity index (χ0n) is 10.4. The zero-order chi connectivity index (χ0) is 13.9. The molecule has 5 heteroatoms. The Kier molecular flexibility index (Phi) is 3.31. The average molecular weight is 284 g/mol. The van der Waals surface area contributed by atoms with Crippen molar-refractivity contribution in [2.75, 3.05) is 0 Å². The molecule has 0 saturated carbocycles. The van der Waals surface area contributed by atoms with Crippen molar-refractivity contribution in [3.05, 3.63) is 65.6 Å². The molecule has 98 valence electrons. The molecule has 0 aliphatic rings. The molecule has 2 aromatic heterocycles. The van der Waals surface area contributed by atoms with E-state index in [2.05, 4.69) is 10.1 Å². The van der Waals surface area contributed by atoms with Crippen molar-refractivity contribution in [1.82, 2.24) is 14.8 Å². The lowest BCUT2D eigenvalue weighted by atomic mass is 10.1. The van der Waals surface area contributed by atoms with Gasteiger partial charge in [-0.25, -0.2) is 4.68 Å². The van der Waals surface area contributed by atoms with Crippen LogP contribution in [0.25, 0.3) is 16.9 Å². The van der Waals surface area contributed by atoms with E-state index < -0.39 is 0 Å². The van der Waals surface area contributed by atoms with Gasteiger partial charge in [0, 0.05) is 29.2 Å². The van der Waals surface area contributed by atoms with Crippen LogP contribution in [0.4, 0.5) is 0 Å². The van der Waals surface area contributed by atoms with Crippen LogP contribution in [0.5, 0.6) is 0 Å². The number of hydrogen-bond donors (Lipinski definition) is 0. The molecule has 4 nitrogen and oxygen atoms in total. The Morgan fingerprint density at radius 2 is 1.75 bits per heavy atom. The standard InChI is InChI=1S/C15H10ClN3O/c16-13-1-3-14(4-2-13)19-9-12(10-20)15(18-19)11-5-7-17-8-6-11/h1-10H. The molecular weight excluding hydrogens is 274 g/mol. The van der Waals surface area contributed by atoms with Gasteiger partial charge in [0.25, 0.3) is 0 Å². The highest BCUT2D eigenvalue weighted by atomic mass is 35.5. The molecule has 2 heterocycles. The fourth-order valence-electron chi connectivity index (χ4n) is 1.93. The van der Waals surface area contributed by atoms with Crippen LogP contribution in [0.3, 0.4) is 0 Å². The third-order valence-electron chi connectivity index (χ3n) is 2.91. The van der Waals surface area contributed by atoms with Gasteiger partial charge in [0.2, 0.25) is 0 Å². The monoisotopic (exact) mass is 283 g/mol. The Hall–Kier alpha value is -2.46. The maximum atomic E-state index is 11.2. The summed E-state index contributed by atoms with van der Waals surface area (Å²) >= 11 is 5.87. The van der Waals surface area contributed by atoms with Gasteiger partial charge in [0.05, 0.1) is 11.3 Å². The predicted octanol–water partition coefficient (Wildman–Crippen LogP) is 3.40. The second-order valence-corrected chi connectivity index (χ2v) is 4.64. The third kappa shape index (κ3) is 2.33. The lowest BCUT2D eigenvalue weighted by Gasteiger charge is -2.00. The van der Waals surface area contributed by atoms with Gasteiger partial charge in [-0.3, -0.25) is 9.78 Å². The Labute approximate surface area is 120 Å². The SMILES string of the molecule is O=Cc1cn(-c2ccc(Cl)cc2)nc1-c1ccncc1. The third-order valence-corrected chi connectivity index (χ3v) is 3.17. The average Bonchev–Trinajstić information content (AvgIpc) is 2.93. The van der Waals surface area contributed by atoms with Crippen molar-refractivity contribution in [2.45, 2.75) is 0 Å². The molecule has 0 atom stereocenters. The van der Waals surface area contributed by atoms with E-state index >= 15 is 0 Å². The van der Waals surface area contributed by atoms with Gasteiger partial charge in [-0.15, -0.1) is 0 Å². The molecular formula is C15H10ClN3O. The Morgan fingerprint density at radius 3 is 2.40 bits per heavy atom. The number of carbonyl (C=O) groups excluding carboxylic acids is 1. The number of rotatable bonds is 3. The van der Waals surface area contributed by atoms with Crippen molar-refractivity contribution in [2.24, 2.45) is 0 Å². The molecule has 0 unspecified atom stereocenters. The van der Waals surface area contributed by atoms with Crippen LogP contribution < -0.4 is 0 Å². The maximum absolute atomic E-state index is 11.2. The topological polar surface area (TPSA) is 47.8 Å². The minimum Gasteiger partial charge on any atom is -0.298 e. The fourth-order valence-corrected chi connectivity index (χ4v) is 2.06. The molecule has 0 radical (unpaired) electrons. The molecule has 0 spiro atoms. The van der Waals surface area contributed by atoms with Gasteiger partial charge in [-0.05, 0) is 36.4 Å². The van der Waals surface area contributed by atoms with Crippen molar-refractivity contribution >= 4 is 17.9 Å². The van der Waals surface area contributed by atoms with E-state index in [1.807, 2.05) is 24.3 Å². The summed E-state index contributed by atoms with van der Waals surface area (Å²) in [6.45, 7) is 0. The smallest absolute Gasteiger partial charge is 0.153 e. The summed E-state index contributed by atoms with van der Waals surface area (Å²) in [6, 6.07) is 10.9. The van der Waals surface area contributed by atoms with Crippen LogP contribution >= 0.6 is 11.6 Å². The van der Waals surface area contributed by atoms with Gasteiger partial charge < -0.3 is 0 Å². The lowest BCUT2D eigenvalue weighted by molar-refractivity contribution is 0.112. The Balaban J connectivity index is 2.09. The molecule has 20 heavy (non-hydrogen) atoms. The minimum atomic E-state index is 0.533. The van der Waals surface area contributed by atoms with E-state index in [0.717, 1.165) is 17.5 Å². The van der Waals surface area contributed by atoms with Gasteiger partial charge in [0.1, 0.15) is 5.69 Å². The summed E-state index contributed by atoms with van der Waals surface area (Å²) in [6.07, 6.45) is 5.84. The van der Waals surface area contributed by atoms with Gasteiger partial charge in [-0.2, -0.15) is 5.10 Å². The number of pyridine rings is 1. The summed E-state index contributed by atoms with van der Waals surface area (Å²) in [4.78, 5) is 15.2. The molecule has 1 aromatic carbocycles. The van der Waals surface area contributed by atoms with Crippen molar-refractivity contribution in [3.63, 3.8) is 0 Å². The minimum absolute atomic E-state index is 0.533. The van der Waals surface area contributed by atoms with Crippen LogP contribution in [0.2, 0.25) is 5.02 Å². The van der Waals surface area contributed by atoms with E-state index in [0.29, 0.717) is 16.3 Å². The van der Waals surface area contributed by atoms with Gasteiger partial charge in [-0.1, -0.05) is 11.6 Å². The lowest BCUT2D eigenvalue weighted by Crippen LogP contribution is -1.94. The first-order chi connectivity index (χ1) is 9.78. The van der Waals surface area contributed by atoms with Crippen molar-refractivity contribution in [1.29, 1.82) is 0 Å². The first kappa shape index (κ1) is 12.6. The summed E-state index contributed by atoms with van der Waals surface area (Å²) < 4.78 is 1.66. The van der Waals surface area contributed by atoms with Crippen LogP contribution in [0.1, 0.15) is 10.4 Å². The highest BCUT2D eigenvalue weighted by Crippen LogP contribution is 2.22. The molecule has 0 aliphatic carbocycles. The normalized spacial score (nSPS) is 10.4. The zero-order valence-corrected chi connectivity index (χ0v) is 11.2. The van der Waals surface area contributed by atoms with E-state index in [-0.39, 0.29) is 0 Å². The number of hydrogen-bond acceptors (Lipinski definition) is 3. The van der Waals surface area contributed by atoms with E-state index in [1.54, 1.807) is 35.4 Å². The quantitative estimate of drug-likeness (QED) is 0.692. The molecule has 3 aromatic rings. The number of carbonyl (C=O) groups is 1. The van der Waals surface area contributed by atoms with Crippen LogP contribution in [-0.4, -0.2) is 21.1 Å². The van der Waals surface area contributed by atoms with Crippen molar-refractivity contribution < 1.29 is 4.79 Å². The number of halogens is 1. The Bertz CT molecular complexity index is 736. The highest BCUT2D eigenvalue weighted by Gasteiger charge is 2.11. The number of nitrogens with zero attached hydrogens (tertiary/aromatic N) is 3. The first-order valence-electron chi connectivity index (χ1n) is 5.99. The second kappa shape index (κ2) is 5.27. The number of benzene rings is 1. The second-order valence-electron chi connectivity index (χ2n) is 4.21. The maximum Gasteiger partial charge on any atom is 0.153 e. The Morgan fingerprint density at radius 1 is 1.05 bits per heavy atom. The van der Waals surface area contributed by atoms with Crippen molar-refractivity contribution in [3.8, 4) is 16.9 Å². The van der Waals surface area contributed by atoms with Crippen LogP contribution in [0, 0.1) is 0 Å². The molecule has 0 amide bonds. The number of aldehydes is 1. The summed E-state index contributed by atoms with van der Waals surface area (Å²) in [5, 5.41) is 5.12. The predicted molar refractivity (Wildman–Crippen MR) is 77.2 cm³/mol. The van der Waals surface area contributed by atoms with Crippen LogP contribution in [0.15, 0.2) is 55.0 Å². The van der Waals surface area contributed by atoms with E-state index in [9.17, 15) is 4.79 Å². The molecule has 0 bridgehead atoms. The largest absolute Gasteiger partial charge is 0.298 e.